The summed E-state index contributed by atoms with van der Waals surface area (Å²) in [5.74, 6) is -0.408. The van der Waals surface area contributed by atoms with E-state index in [9.17, 15) is 14.4 Å². The van der Waals surface area contributed by atoms with E-state index >= 15 is 0 Å². The number of likely N-dealkylation sites (tertiary alicyclic amines) is 1. The third-order valence-electron chi connectivity index (χ3n) is 5.90. The molecule has 6 nitrogen and oxygen atoms in total. The molecule has 2 fully saturated rings. The normalized spacial score (nSPS) is 21.8. The van der Waals surface area contributed by atoms with E-state index in [1.165, 1.54) is 6.08 Å². The largest absolute Gasteiger partial charge is 0.338 e. The lowest BCUT2D eigenvalue weighted by atomic mass is 10.0. The summed E-state index contributed by atoms with van der Waals surface area (Å²) in [6.07, 6.45) is 2.04. The van der Waals surface area contributed by atoms with Gasteiger partial charge in [-0.05, 0) is 49.1 Å². The highest BCUT2D eigenvalue weighted by Crippen LogP contribution is 2.58. The highest BCUT2D eigenvalue weighted by molar-refractivity contribution is 6.11. The van der Waals surface area contributed by atoms with Crippen LogP contribution >= 0.6 is 0 Å². The fraction of sp³-hybridized carbons (Fsp3) is 0.261. The fourth-order valence-corrected chi connectivity index (χ4v) is 4.07. The molecule has 29 heavy (non-hydrogen) atoms. The summed E-state index contributed by atoms with van der Waals surface area (Å²) in [5, 5.41) is 5.83. The third-order valence-corrected chi connectivity index (χ3v) is 5.90. The van der Waals surface area contributed by atoms with Crippen LogP contribution in [0, 0.1) is 18.3 Å². The molecule has 0 radical (unpaired) electrons. The molecule has 6 heteroatoms. The number of anilines is 2. The van der Waals surface area contributed by atoms with Crippen LogP contribution in [0.15, 0.2) is 61.2 Å². The lowest BCUT2D eigenvalue weighted by Crippen LogP contribution is -2.35. The van der Waals surface area contributed by atoms with E-state index in [1.54, 1.807) is 29.2 Å². The molecular weight excluding hydrogens is 366 g/mol. The van der Waals surface area contributed by atoms with Gasteiger partial charge in [-0.1, -0.05) is 36.9 Å². The molecule has 1 heterocycles. The molecule has 1 aliphatic carbocycles. The van der Waals surface area contributed by atoms with Crippen molar-refractivity contribution in [3.8, 4) is 0 Å². The second-order valence-corrected chi connectivity index (χ2v) is 7.75. The first-order valence-corrected chi connectivity index (χ1v) is 9.63. The van der Waals surface area contributed by atoms with Crippen LogP contribution in [0.5, 0.6) is 0 Å². The molecule has 1 aliphatic heterocycles. The van der Waals surface area contributed by atoms with Crippen molar-refractivity contribution in [1.29, 1.82) is 0 Å². The Bertz CT molecular complexity index is 1020. The average Bonchev–Trinajstić information content (AvgIpc) is 3.30. The summed E-state index contributed by atoms with van der Waals surface area (Å²) in [7, 11) is 0. The Morgan fingerprint density at radius 3 is 2.48 bits per heavy atom. The Morgan fingerprint density at radius 1 is 1.07 bits per heavy atom. The molecule has 2 aromatic rings. The zero-order chi connectivity index (χ0) is 20.6. The molecule has 4 rings (SSSR count). The number of carbonyl (C=O) groups is 3. The molecule has 0 spiro atoms. The second-order valence-electron chi connectivity index (χ2n) is 7.75. The number of rotatable bonds is 5. The third kappa shape index (κ3) is 3.42. The maximum absolute atomic E-state index is 13.0. The van der Waals surface area contributed by atoms with E-state index in [-0.39, 0.29) is 23.6 Å². The average molecular weight is 389 g/mol. The first-order chi connectivity index (χ1) is 13.9. The van der Waals surface area contributed by atoms with E-state index in [4.69, 9.17) is 0 Å². The number of nitrogens with one attached hydrogen (secondary N) is 2. The molecule has 2 unspecified atom stereocenters. The number of amides is 3. The molecule has 0 aromatic heterocycles. The van der Waals surface area contributed by atoms with Gasteiger partial charge in [0.25, 0.3) is 5.91 Å². The van der Waals surface area contributed by atoms with Gasteiger partial charge in [-0.25, -0.2) is 0 Å². The van der Waals surface area contributed by atoms with E-state index in [0.29, 0.717) is 24.3 Å². The summed E-state index contributed by atoms with van der Waals surface area (Å²) in [6, 6.07) is 14.5. The lowest BCUT2D eigenvalue weighted by Gasteiger charge is -2.20. The Kier molecular flexibility index (Phi) is 4.70. The fourth-order valence-electron chi connectivity index (χ4n) is 4.07. The SMILES string of the molecule is C=CC(=O)N1CC2CC2(C(=O)Nc2ccccc2C(=O)Nc2ccccc2C)C1. The maximum Gasteiger partial charge on any atom is 0.257 e. The summed E-state index contributed by atoms with van der Waals surface area (Å²) in [6.45, 7) is 6.41. The van der Waals surface area contributed by atoms with Crippen molar-refractivity contribution in [1.82, 2.24) is 4.90 Å². The van der Waals surface area contributed by atoms with Crippen LogP contribution in [0.3, 0.4) is 0 Å². The minimum atomic E-state index is -0.557. The van der Waals surface area contributed by atoms with Gasteiger partial charge < -0.3 is 15.5 Å². The molecule has 1 saturated heterocycles. The van der Waals surface area contributed by atoms with Gasteiger partial charge in [0, 0.05) is 18.8 Å². The van der Waals surface area contributed by atoms with Crippen LogP contribution in [0.25, 0.3) is 0 Å². The Morgan fingerprint density at radius 2 is 1.76 bits per heavy atom. The van der Waals surface area contributed by atoms with Crippen LogP contribution in [-0.2, 0) is 9.59 Å². The topological polar surface area (TPSA) is 78.5 Å². The van der Waals surface area contributed by atoms with Crippen molar-refractivity contribution in [2.24, 2.45) is 11.3 Å². The number of para-hydroxylation sites is 2. The molecule has 2 aliphatic rings. The molecular formula is C23H23N3O3. The molecule has 3 amide bonds. The highest BCUT2D eigenvalue weighted by Gasteiger charge is 2.65. The summed E-state index contributed by atoms with van der Waals surface area (Å²) < 4.78 is 0. The van der Waals surface area contributed by atoms with Crippen molar-refractivity contribution >= 4 is 29.1 Å². The van der Waals surface area contributed by atoms with Crippen LogP contribution in [0.4, 0.5) is 11.4 Å². The van der Waals surface area contributed by atoms with Gasteiger partial charge in [-0.2, -0.15) is 0 Å². The number of fused-ring (bicyclic) bond motifs is 1. The quantitative estimate of drug-likeness (QED) is 0.771. The predicted octanol–water partition coefficient (Wildman–Crippen LogP) is 3.22. The smallest absolute Gasteiger partial charge is 0.257 e. The first-order valence-electron chi connectivity index (χ1n) is 9.63. The Balaban J connectivity index is 1.50. The minimum absolute atomic E-state index is 0.141. The number of hydrogen-bond donors (Lipinski definition) is 2. The number of carbonyl (C=O) groups excluding carboxylic acids is 3. The summed E-state index contributed by atoms with van der Waals surface area (Å²) in [4.78, 5) is 39.4. The molecule has 2 atom stereocenters. The summed E-state index contributed by atoms with van der Waals surface area (Å²) in [5.41, 5.74) is 2.00. The van der Waals surface area contributed by atoms with Crippen molar-refractivity contribution in [3.05, 3.63) is 72.3 Å². The monoisotopic (exact) mass is 389 g/mol. The van der Waals surface area contributed by atoms with Crippen molar-refractivity contribution in [2.45, 2.75) is 13.3 Å². The van der Waals surface area contributed by atoms with Crippen LogP contribution in [0.1, 0.15) is 22.3 Å². The van der Waals surface area contributed by atoms with Gasteiger partial charge in [0.2, 0.25) is 11.8 Å². The molecule has 148 valence electrons. The molecule has 2 aromatic carbocycles. The Hall–Kier alpha value is -3.41. The van der Waals surface area contributed by atoms with Gasteiger partial charge in [0.05, 0.1) is 16.7 Å². The van der Waals surface area contributed by atoms with Crippen LogP contribution in [0.2, 0.25) is 0 Å². The predicted molar refractivity (Wildman–Crippen MR) is 112 cm³/mol. The molecule has 1 saturated carbocycles. The van der Waals surface area contributed by atoms with Gasteiger partial charge in [0.1, 0.15) is 0 Å². The van der Waals surface area contributed by atoms with Crippen molar-refractivity contribution in [3.63, 3.8) is 0 Å². The van der Waals surface area contributed by atoms with Gasteiger partial charge in [-0.15, -0.1) is 0 Å². The van der Waals surface area contributed by atoms with Gasteiger partial charge >= 0.3 is 0 Å². The number of benzene rings is 2. The maximum atomic E-state index is 13.0. The minimum Gasteiger partial charge on any atom is -0.338 e. The number of piperidine rings is 1. The van der Waals surface area contributed by atoms with Crippen LogP contribution in [-0.4, -0.2) is 35.7 Å². The van der Waals surface area contributed by atoms with Gasteiger partial charge in [0.15, 0.2) is 0 Å². The van der Waals surface area contributed by atoms with Crippen LogP contribution < -0.4 is 10.6 Å². The first kappa shape index (κ1) is 18.9. The van der Waals surface area contributed by atoms with E-state index in [1.807, 2.05) is 31.2 Å². The highest BCUT2D eigenvalue weighted by atomic mass is 16.2. The standard InChI is InChI=1S/C23H23N3O3/c1-3-20(27)26-13-16-12-23(16,14-26)22(29)25-19-11-7-5-9-17(19)21(28)24-18-10-6-4-8-15(18)2/h3-11,16H,1,12-14H2,2H3,(H,24,28)(H,25,29). The van der Waals surface area contributed by atoms with Gasteiger partial charge in [-0.3, -0.25) is 14.4 Å². The molecule has 2 N–H and O–H groups in total. The van der Waals surface area contributed by atoms with E-state index in [2.05, 4.69) is 17.2 Å². The van der Waals surface area contributed by atoms with E-state index in [0.717, 1.165) is 17.7 Å². The van der Waals surface area contributed by atoms with Crippen molar-refractivity contribution < 1.29 is 14.4 Å². The number of aryl methyl sites for hydroxylation is 1. The summed E-state index contributed by atoms with van der Waals surface area (Å²) >= 11 is 0. The van der Waals surface area contributed by atoms with E-state index < -0.39 is 5.41 Å². The second kappa shape index (κ2) is 7.20. The van der Waals surface area contributed by atoms with Crippen molar-refractivity contribution in [2.75, 3.05) is 23.7 Å². The zero-order valence-electron chi connectivity index (χ0n) is 16.3. The number of hydrogen-bond acceptors (Lipinski definition) is 3. The molecule has 0 bridgehead atoms. The lowest BCUT2D eigenvalue weighted by molar-refractivity contribution is -0.126. The number of nitrogens with zero attached hydrogens (tertiary/aromatic N) is 1. The zero-order valence-corrected chi connectivity index (χ0v) is 16.3. The Labute approximate surface area is 169 Å².